The number of rotatable bonds is 4. The third-order valence-corrected chi connectivity index (χ3v) is 12.5. The zero-order chi connectivity index (χ0) is 32.8. The van der Waals surface area contributed by atoms with Crippen LogP contribution in [0.3, 0.4) is 0 Å². The Hall–Kier alpha value is -5.94. The standard InChI is InChI=1S/C46H28N2S2/c1-2-11-29(12-3-1)48-40-17-7-4-13-32(40)37-27-30(21-24-41(37)48)47(31-22-25-44-38(28-31)34-14-5-8-19-42(34)49-44)39-18-10-16-35-33(39)23-26-45-46(35)36-15-6-9-20-43(36)50-45/h1-28H. The fourth-order valence-electron chi connectivity index (χ4n) is 8.00. The Morgan fingerprint density at radius 2 is 0.960 bits per heavy atom. The highest BCUT2D eigenvalue weighted by molar-refractivity contribution is 7.26. The fourth-order valence-corrected chi connectivity index (χ4v) is 10.2. The highest BCUT2D eigenvalue weighted by Gasteiger charge is 2.21. The van der Waals surface area contributed by atoms with Gasteiger partial charge in [-0.1, -0.05) is 91.0 Å². The molecule has 0 aliphatic rings. The van der Waals surface area contributed by atoms with Crippen LogP contribution in [0, 0.1) is 0 Å². The minimum Gasteiger partial charge on any atom is -0.310 e. The molecule has 0 atom stereocenters. The molecule has 8 aromatic carbocycles. The van der Waals surface area contributed by atoms with E-state index >= 15 is 0 Å². The molecule has 3 aromatic heterocycles. The molecule has 0 bridgehead atoms. The van der Waals surface area contributed by atoms with Crippen LogP contribution in [0.4, 0.5) is 17.1 Å². The summed E-state index contributed by atoms with van der Waals surface area (Å²) in [5.41, 5.74) is 7.03. The summed E-state index contributed by atoms with van der Waals surface area (Å²) in [6.07, 6.45) is 0. The average molecular weight is 673 g/mol. The first-order valence-electron chi connectivity index (χ1n) is 16.9. The zero-order valence-corrected chi connectivity index (χ0v) is 28.5. The van der Waals surface area contributed by atoms with Crippen molar-refractivity contribution in [2.45, 2.75) is 0 Å². The Morgan fingerprint density at radius 3 is 1.82 bits per heavy atom. The van der Waals surface area contributed by atoms with Crippen molar-refractivity contribution in [1.29, 1.82) is 0 Å². The molecule has 50 heavy (non-hydrogen) atoms. The van der Waals surface area contributed by atoms with Crippen molar-refractivity contribution >= 4 is 113 Å². The first kappa shape index (κ1) is 28.0. The third-order valence-electron chi connectivity index (χ3n) is 10.2. The molecule has 234 valence electrons. The molecule has 0 saturated heterocycles. The summed E-state index contributed by atoms with van der Waals surface area (Å²) in [6.45, 7) is 0. The van der Waals surface area contributed by atoms with E-state index in [2.05, 4.69) is 179 Å². The minimum atomic E-state index is 1.13. The molecule has 0 amide bonds. The van der Waals surface area contributed by atoms with Gasteiger partial charge in [-0.25, -0.2) is 0 Å². The second kappa shape index (κ2) is 10.8. The van der Waals surface area contributed by atoms with Crippen LogP contribution >= 0.6 is 22.7 Å². The molecular weight excluding hydrogens is 645 g/mol. The molecule has 4 heteroatoms. The molecule has 0 N–H and O–H groups in total. The second-order valence-corrected chi connectivity index (χ2v) is 15.1. The van der Waals surface area contributed by atoms with Crippen LogP contribution in [0.25, 0.3) is 78.6 Å². The minimum absolute atomic E-state index is 1.13. The lowest BCUT2D eigenvalue weighted by molar-refractivity contribution is 1.18. The van der Waals surface area contributed by atoms with E-state index in [0.717, 1.165) is 11.4 Å². The number of hydrogen-bond acceptors (Lipinski definition) is 3. The summed E-state index contributed by atoms with van der Waals surface area (Å²) in [4.78, 5) is 2.47. The van der Waals surface area contributed by atoms with Crippen molar-refractivity contribution in [3.05, 3.63) is 170 Å². The first-order chi connectivity index (χ1) is 24.8. The van der Waals surface area contributed by atoms with Crippen LogP contribution < -0.4 is 4.90 Å². The van der Waals surface area contributed by atoms with Gasteiger partial charge in [0.1, 0.15) is 0 Å². The van der Waals surface area contributed by atoms with Crippen molar-refractivity contribution in [2.24, 2.45) is 0 Å². The Kier molecular flexibility index (Phi) is 6.03. The quantitative estimate of drug-likeness (QED) is 0.181. The number of para-hydroxylation sites is 2. The van der Waals surface area contributed by atoms with Gasteiger partial charge in [0.15, 0.2) is 0 Å². The molecule has 0 aliphatic heterocycles. The summed E-state index contributed by atoms with van der Waals surface area (Å²) in [7, 11) is 0. The molecule has 3 heterocycles. The Morgan fingerprint density at radius 1 is 0.360 bits per heavy atom. The Bertz CT molecular complexity index is 3110. The van der Waals surface area contributed by atoms with Gasteiger partial charge in [-0.05, 0) is 84.2 Å². The number of nitrogens with zero attached hydrogens (tertiary/aromatic N) is 2. The van der Waals surface area contributed by atoms with E-state index in [1.807, 2.05) is 22.7 Å². The molecule has 0 unspecified atom stereocenters. The summed E-state index contributed by atoms with van der Waals surface area (Å²) in [5, 5.41) is 10.3. The molecule has 11 aromatic rings. The summed E-state index contributed by atoms with van der Waals surface area (Å²) in [5.74, 6) is 0. The molecular formula is C46H28N2S2. The monoisotopic (exact) mass is 672 g/mol. The molecule has 0 spiro atoms. The topological polar surface area (TPSA) is 8.17 Å². The van der Waals surface area contributed by atoms with Crippen molar-refractivity contribution in [1.82, 2.24) is 4.57 Å². The maximum Gasteiger partial charge on any atom is 0.0542 e. The molecule has 0 fully saturated rings. The summed E-state index contributed by atoms with van der Waals surface area (Å²) in [6, 6.07) is 62.5. The molecule has 0 radical (unpaired) electrons. The van der Waals surface area contributed by atoms with E-state index < -0.39 is 0 Å². The van der Waals surface area contributed by atoms with Gasteiger partial charge in [0.2, 0.25) is 0 Å². The Labute approximate surface area is 296 Å². The molecule has 0 aliphatic carbocycles. The number of anilines is 3. The smallest absolute Gasteiger partial charge is 0.0542 e. The molecule has 0 saturated carbocycles. The van der Waals surface area contributed by atoms with Crippen LogP contribution in [0.1, 0.15) is 0 Å². The number of aromatic nitrogens is 1. The number of benzene rings is 8. The van der Waals surface area contributed by atoms with Crippen molar-refractivity contribution < 1.29 is 0 Å². The highest BCUT2D eigenvalue weighted by Crippen LogP contribution is 2.47. The van der Waals surface area contributed by atoms with Crippen molar-refractivity contribution in [3.63, 3.8) is 0 Å². The van der Waals surface area contributed by atoms with Gasteiger partial charge in [-0.3, -0.25) is 0 Å². The lowest BCUT2D eigenvalue weighted by atomic mass is 10.0. The van der Waals surface area contributed by atoms with E-state index in [1.54, 1.807) is 0 Å². The van der Waals surface area contributed by atoms with Crippen LogP contribution in [0.2, 0.25) is 0 Å². The van der Waals surface area contributed by atoms with Crippen molar-refractivity contribution in [3.8, 4) is 5.69 Å². The zero-order valence-electron chi connectivity index (χ0n) is 26.9. The number of fused-ring (bicyclic) bond motifs is 11. The van der Waals surface area contributed by atoms with E-state index in [1.165, 1.54) is 84.3 Å². The Balaban J connectivity index is 1.22. The normalized spacial score (nSPS) is 12.0. The lowest BCUT2D eigenvalue weighted by Crippen LogP contribution is -2.10. The van der Waals surface area contributed by atoms with Crippen molar-refractivity contribution in [2.75, 3.05) is 4.90 Å². The van der Waals surface area contributed by atoms with Gasteiger partial charge in [0.05, 0.1) is 16.7 Å². The van der Waals surface area contributed by atoms with E-state index in [9.17, 15) is 0 Å². The van der Waals surface area contributed by atoms with Gasteiger partial charge in [-0.2, -0.15) is 0 Å². The van der Waals surface area contributed by atoms with Crippen LogP contribution in [-0.4, -0.2) is 4.57 Å². The maximum absolute atomic E-state index is 2.47. The van der Waals surface area contributed by atoms with Gasteiger partial charge in [0.25, 0.3) is 0 Å². The predicted octanol–water partition coefficient (Wildman–Crippen LogP) is 14.1. The maximum atomic E-state index is 2.47. The first-order valence-corrected chi connectivity index (χ1v) is 18.6. The lowest BCUT2D eigenvalue weighted by Gasteiger charge is -2.27. The average Bonchev–Trinajstić information content (AvgIpc) is 3.85. The van der Waals surface area contributed by atoms with E-state index in [-0.39, 0.29) is 0 Å². The molecule has 2 nitrogen and oxygen atoms in total. The largest absolute Gasteiger partial charge is 0.310 e. The SMILES string of the molecule is c1ccc(-n2c3ccccc3c3cc(N(c4ccc5sc6ccccc6c5c4)c4cccc5c4ccc4sc6ccccc6c45)ccc32)cc1. The summed E-state index contributed by atoms with van der Waals surface area (Å²) < 4.78 is 7.66. The van der Waals surface area contributed by atoms with Gasteiger partial charge in [-0.15, -0.1) is 22.7 Å². The highest BCUT2D eigenvalue weighted by atomic mass is 32.1. The summed E-state index contributed by atoms with van der Waals surface area (Å²) >= 11 is 3.74. The molecule has 11 rings (SSSR count). The van der Waals surface area contributed by atoms with E-state index in [4.69, 9.17) is 0 Å². The predicted molar refractivity (Wildman–Crippen MR) is 219 cm³/mol. The number of thiophene rings is 2. The van der Waals surface area contributed by atoms with Crippen LogP contribution in [-0.2, 0) is 0 Å². The van der Waals surface area contributed by atoms with Gasteiger partial charge < -0.3 is 9.47 Å². The van der Waals surface area contributed by atoms with Gasteiger partial charge >= 0.3 is 0 Å². The van der Waals surface area contributed by atoms with E-state index in [0.29, 0.717) is 0 Å². The van der Waals surface area contributed by atoms with Crippen LogP contribution in [0.5, 0.6) is 0 Å². The fraction of sp³-hybridized carbons (Fsp3) is 0. The van der Waals surface area contributed by atoms with Crippen LogP contribution in [0.15, 0.2) is 170 Å². The third kappa shape index (κ3) is 4.07. The second-order valence-electron chi connectivity index (χ2n) is 12.9. The van der Waals surface area contributed by atoms with Gasteiger partial charge in [0, 0.05) is 73.6 Å². The number of hydrogen-bond donors (Lipinski definition) is 0.